The molecule has 0 aliphatic carbocycles. The molecule has 0 saturated carbocycles. The summed E-state index contributed by atoms with van der Waals surface area (Å²) in [5.41, 5.74) is 0.345. The molecule has 1 atom stereocenters. The molecule has 1 aliphatic heterocycles. The lowest BCUT2D eigenvalue weighted by Gasteiger charge is -2.41. The molecule has 3 nitrogen and oxygen atoms in total. The average Bonchev–Trinajstić information content (AvgIpc) is 2.42. The van der Waals surface area contributed by atoms with Gasteiger partial charge in [-0.2, -0.15) is 0 Å². The smallest absolute Gasteiger partial charge is 0.0546 e. The molecule has 0 bridgehead atoms. The second kappa shape index (κ2) is 8.89. The van der Waals surface area contributed by atoms with Gasteiger partial charge >= 0.3 is 0 Å². The van der Waals surface area contributed by atoms with Crippen molar-refractivity contribution in [2.45, 2.75) is 46.5 Å². The summed E-state index contributed by atoms with van der Waals surface area (Å²) in [7, 11) is 0. The molecule has 1 heterocycles. The minimum absolute atomic E-state index is 0.345. The maximum absolute atomic E-state index is 5.77. The van der Waals surface area contributed by atoms with Crippen LogP contribution in [0.3, 0.4) is 0 Å². The number of nitrogens with zero attached hydrogens (tertiary/aromatic N) is 1. The number of unbranched alkanes of at least 4 members (excludes halogenated alkanes) is 1. The average molecular weight is 256 g/mol. The topological polar surface area (TPSA) is 24.5 Å². The van der Waals surface area contributed by atoms with Gasteiger partial charge in [-0.15, -0.1) is 0 Å². The first-order valence-corrected chi connectivity index (χ1v) is 7.77. The van der Waals surface area contributed by atoms with E-state index in [2.05, 4.69) is 31.0 Å². The van der Waals surface area contributed by atoms with E-state index in [1.54, 1.807) is 0 Å². The van der Waals surface area contributed by atoms with Gasteiger partial charge in [-0.1, -0.05) is 27.2 Å². The van der Waals surface area contributed by atoms with Crippen molar-refractivity contribution < 1.29 is 4.74 Å². The minimum atomic E-state index is 0.345. The van der Waals surface area contributed by atoms with Crippen LogP contribution in [0.2, 0.25) is 0 Å². The predicted octanol–water partition coefficient (Wildman–Crippen LogP) is 2.51. The third-order valence-corrected chi connectivity index (χ3v) is 3.99. The van der Waals surface area contributed by atoms with Crippen LogP contribution in [0.25, 0.3) is 0 Å². The molecule has 0 aromatic rings. The number of nitrogens with one attached hydrogen (secondary N) is 1. The Morgan fingerprint density at radius 3 is 2.67 bits per heavy atom. The minimum Gasteiger partial charge on any atom is -0.381 e. The van der Waals surface area contributed by atoms with Gasteiger partial charge in [0.1, 0.15) is 0 Å². The molecule has 1 N–H and O–H groups in total. The first kappa shape index (κ1) is 15.9. The second-order valence-electron chi connectivity index (χ2n) is 5.66. The van der Waals surface area contributed by atoms with Crippen LogP contribution in [0, 0.1) is 5.41 Å². The Bertz CT molecular complexity index is 203. The molecule has 0 amide bonds. The summed E-state index contributed by atoms with van der Waals surface area (Å²) in [6.45, 7) is 14.4. The van der Waals surface area contributed by atoms with E-state index < -0.39 is 0 Å². The van der Waals surface area contributed by atoms with Crippen LogP contribution in [0.5, 0.6) is 0 Å². The summed E-state index contributed by atoms with van der Waals surface area (Å²) < 4.78 is 5.77. The number of hydrogen-bond donors (Lipinski definition) is 1. The highest BCUT2D eigenvalue weighted by Gasteiger charge is 2.33. The zero-order chi connectivity index (χ0) is 13.3. The quantitative estimate of drug-likeness (QED) is 0.686. The van der Waals surface area contributed by atoms with Gasteiger partial charge in [0.2, 0.25) is 0 Å². The number of hydrogen-bond acceptors (Lipinski definition) is 3. The normalized spacial score (nSPS) is 24.7. The number of ether oxygens (including phenoxy) is 1. The van der Waals surface area contributed by atoms with Crippen molar-refractivity contribution in [3.05, 3.63) is 0 Å². The molecule has 1 aliphatic rings. The van der Waals surface area contributed by atoms with E-state index in [0.717, 1.165) is 32.8 Å². The van der Waals surface area contributed by atoms with E-state index >= 15 is 0 Å². The van der Waals surface area contributed by atoms with E-state index in [4.69, 9.17) is 4.74 Å². The maximum Gasteiger partial charge on any atom is 0.0546 e. The summed E-state index contributed by atoms with van der Waals surface area (Å²) in [4.78, 5) is 2.61. The first-order chi connectivity index (χ1) is 8.76. The molecule has 1 unspecified atom stereocenters. The van der Waals surface area contributed by atoms with Crippen LogP contribution < -0.4 is 5.32 Å². The Labute approximate surface area is 113 Å². The van der Waals surface area contributed by atoms with Gasteiger partial charge in [-0.25, -0.2) is 0 Å². The highest BCUT2D eigenvalue weighted by Crippen LogP contribution is 2.29. The van der Waals surface area contributed by atoms with Gasteiger partial charge in [0.25, 0.3) is 0 Å². The number of rotatable bonds is 9. The monoisotopic (exact) mass is 256 g/mol. The third-order valence-electron chi connectivity index (χ3n) is 3.99. The molecular formula is C15H32N2O. The molecule has 0 spiro atoms. The molecule has 1 fully saturated rings. The largest absolute Gasteiger partial charge is 0.381 e. The Hall–Kier alpha value is -0.120. The van der Waals surface area contributed by atoms with Crippen molar-refractivity contribution in [1.29, 1.82) is 0 Å². The van der Waals surface area contributed by atoms with E-state index in [-0.39, 0.29) is 0 Å². The summed E-state index contributed by atoms with van der Waals surface area (Å²) in [6.07, 6.45) is 5.12. The molecule has 1 rings (SSSR count). The van der Waals surface area contributed by atoms with Crippen molar-refractivity contribution in [2.24, 2.45) is 5.41 Å². The molecule has 108 valence electrons. The summed E-state index contributed by atoms with van der Waals surface area (Å²) in [6, 6.07) is 0. The van der Waals surface area contributed by atoms with Gasteiger partial charge in [-0.3, -0.25) is 0 Å². The lowest BCUT2D eigenvalue weighted by molar-refractivity contribution is -0.0254. The summed E-state index contributed by atoms with van der Waals surface area (Å²) >= 11 is 0. The van der Waals surface area contributed by atoms with Crippen LogP contribution in [-0.2, 0) is 4.74 Å². The maximum atomic E-state index is 5.77. The first-order valence-electron chi connectivity index (χ1n) is 7.77. The second-order valence-corrected chi connectivity index (χ2v) is 5.66. The highest BCUT2D eigenvalue weighted by atomic mass is 16.5. The summed E-state index contributed by atoms with van der Waals surface area (Å²) in [5, 5.41) is 3.54. The van der Waals surface area contributed by atoms with Crippen molar-refractivity contribution in [3.63, 3.8) is 0 Å². The lowest BCUT2D eigenvalue weighted by Crippen LogP contribution is -2.49. The van der Waals surface area contributed by atoms with Crippen LogP contribution >= 0.6 is 0 Å². The van der Waals surface area contributed by atoms with Gasteiger partial charge in [-0.05, 0) is 38.9 Å². The van der Waals surface area contributed by atoms with Crippen LogP contribution in [0.4, 0.5) is 0 Å². The van der Waals surface area contributed by atoms with Crippen LogP contribution in [0.15, 0.2) is 0 Å². The fourth-order valence-electron chi connectivity index (χ4n) is 2.83. The van der Waals surface area contributed by atoms with Crippen LogP contribution in [-0.4, -0.2) is 50.8 Å². The van der Waals surface area contributed by atoms with E-state index in [1.807, 2.05) is 0 Å². The van der Waals surface area contributed by atoms with E-state index in [1.165, 1.54) is 38.8 Å². The zero-order valence-electron chi connectivity index (χ0n) is 12.6. The standard InChI is InChI=1S/C15H32N2O/c1-4-7-10-17(6-3)13-15(12-16-5-2)9-8-11-18-14-15/h16H,4-14H2,1-3H3. The Balaban J connectivity index is 2.52. The predicted molar refractivity (Wildman–Crippen MR) is 78.1 cm³/mol. The van der Waals surface area contributed by atoms with Crippen LogP contribution in [0.1, 0.15) is 46.5 Å². The van der Waals surface area contributed by atoms with Crippen molar-refractivity contribution in [3.8, 4) is 0 Å². The SMILES string of the molecule is CCCCN(CC)CC1(CNCC)CCCOC1. The molecule has 3 heteroatoms. The molecular weight excluding hydrogens is 224 g/mol. The van der Waals surface area contributed by atoms with Gasteiger partial charge in [0.15, 0.2) is 0 Å². The Kier molecular flexibility index (Phi) is 7.87. The highest BCUT2D eigenvalue weighted by molar-refractivity contribution is 4.87. The molecule has 0 aromatic heterocycles. The van der Waals surface area contributed by atoms with Crippen molar-refractivity contribution in [1.82, 2.24) is 10.2 Å². The lowest BCUT2D eigenvalue weighted by atomic mass is 9.81. The Morgan fingerprint density at radius 1 is 1.28 bits per heavy atom. The van der Waals surface area contributed by atoms with E-state index in [9.17, 15) is 0 Å². The zero-order valence-corrected chi connectivity index (χ0v) is 12.6. The fraction of sp³-hybridized carbons (Fsp3) is 1.00. The van der Waals surface area contributed by atoms with Gasteiger partial charge in [0.05, 0.1) is 6.61 Å². The van der Waals surface area contributed by atoms with Crippen molar-refractivity contribution in [2.75, 3.05) is 45.9 Å². The molecule has 0 aromatic carbocycles. The molecule has 0 radical (unpaired) electrons. The Morgan fingerprint density at radius 2 is 2.11 bits per heavy atom. The van der Waals surface area contributed by atoms with Gasteiger partial charge < -0.3 is 15.0 Å². The van der Waals surface area contributed by atoms with Gasteiger partial charge in [0, 0.05) is 25.1 Å². The molecule has 18 heavy (non-hydrogen) atoms. The third kappa shape index (κ3) is 5.25. The fourth-order valence-corrected chi connectivity index (χ4v) is 2.83. The molecule has 1 saturated heterocycles. The van der Waals surface area contributed by atoms with Crippen molar-refractivity contribution >= 4 is 0 Å². The van der Waals surface area contributed by atoms with E-state index in [0.29, 0.717) is 5.41 Å². The summed E-state index contributed by atoms with van der Waals surface area (Å²) in [5.74, 6) is 0.